The van der Waals surface area contributed by atoms with Gasteiger partial charge in [0.1, 0.15) is 0 Å². The summed E-state index contributed by atoms with van der Waals surface area (Å²) in [5.74, 6) is -0.0987. The summed E-state index contributed by atoms with van der Waals surface area (Å²) in [5, 5.41) is 5.36. The van der Waals surface area contributed by atoms with Crippen molar-refractivity contribution in [3.63, 3.8) is 0 Å². The molecule has 23 heavy (non-hydrogen) atoms. The van der Waals surface area contributed by atoms with Gasteiger partial charge in [-0.15, -0.1) is 0 Å². The number of nitrogens with one attached hydrogen (secondary N) is 2. The predicted molar refractivity (Wildman–Crippen MR) is 87.8 cm³/mol. The van der Waals surface area contributed by atoms with Crippen molar-refractivity contribution in [2.45, 2.75) is 45.6 Å². The lowest BCUT2D eigenvalue weighted by atomic mass is 10.2. The maximum atomic E-state index is 12.0. The Kier molecular flexibility index (Phi) is 6.26. The molecule has 0 aromatic heterocycles. The number of hydrogen-bond donors (Lipinski definition) is 2. The molecule has 6 heteroatoms. The number of amides is 2. The average molecular weight is 320 g/mol. The second kappa shape index (κ2) is 8.41. The van der Waals surface area contributed by atoms with Gasteiger partial charge in [-0.3, -0.25) is 9.59 Å². The van der Waals surface area contributed by atoms with Gasteiger partial charge >= 0.3 is 11.8 Å². The molecular formula is C17H24N2O4. The molecule has 0 heterocycles. The van der Waals surface area contributed by atoms with E-state index in [-0.39, 0.29) is 6.04 Å². The second-order valence-corrected chi connectivity index (χ2v) is 5.44. The maximum absolute atomic E-state index is 12.0. The van der Waals surface area contributed by atoms with Gasteiger partial charge in [-0.25, -0.2) is 0 Å². The Bertz CT molecular complexity index is 554. The zero-order valence-electron chi connectivity index (χ0n) is 13.7. The van der Waals surface area contributed by atoms with E-state index in [9.17, 15) is 9.59 Å². The Morgan fingerprint density at radius 2 is 1.70 bits per heavy atom. The van der Waals surface area contributed by atoms with Gasteiger partial charge in [-0.1, -0.05) is 12.8 Å². The average Bonchev–Trinajstić information content (AvgIpc) is 3.03. The third kappa shape index (κ3) is 4.87. The van der Waals surface area contributed by atoms with Gasteiger partial charge in [0, 0.05) is 17.8 Å². The summed E-state index contributed by atoms with van der Waals surface area (Å²) in [6, 6.07) is 5.19. The molecule has 1 saturated carbocycles. The number of benzene rings is 1. The van der Waals surface area contributed by atoms with Crippen molar-refractivity contribution in [2.75, 3.05) is 18.5 Å². The highest BCUT2D eigenvalue weighted by Crippen LogP contribution is 2.30. The molecule has 0 unspecified atom stereocenters. The first-order chi connectivity index (χ1) is 11.1. The van der Waals surface area contributed by atoms with Crippen molar-refractivity contribution in [3.05, 3.63) is 18.2 Å². The molecule has 2 N–H and O–H groups in total. The minimum atomic E-state index is -0.663. The molecule has 126 valence electrons. The van der Waals surface area contributed by atoms with Gasteiger partial charge in [0.15, 0.2) is 11.5 Å². The van der Waals surface area contributed by atoms with Crippen molar-refractivity contribution < 1.29 is 19.1 Å². The summed E-state index contributed by atoms with van der Waals surface area (Å²) in [6.07, 6.45) is 4.08. The molecule has 2 rings (SSSR count). The zero-order valence-corrected chi connectivity index (χ0v) is 13.7. The first-order valence-corrected chi connectivity index (χ1v) is 8.15. The topological polar surface area (TPSA) is 76.7 Å². The highest BCUT2D eigenvalue weighted by atomic mass is 16.5. The van der Waals surface area contributed by atoms with E-state index < -0.39 is 11.8 Å². The SMILES string of the molecule is CCOc1ccc(NC(=O)C(=O)NC2CCCC2)cc1OCC. The van der Waals surface area contributed by atoms with Crippen LogP contribution in [0.3, 0.4) is 0 Å². The Balaban J connectivity index is 1.98. The van der Waals surface area contributed by atoms with E-state index in [0.29, 0.717) is 30.4 Å². The Labute approximate surface area is 136 Å². The summed E-state index contributed by atoms with van der Waals surface area (Å²) in [6.45, 7) is 4.77. The predicted octanol–water partition coefficient (Wildman–Crippen LogP) is 2.48. The second-order valence-electron chi connectivity index (χ2n) is 5.44. The van der Waals surface area contributed by atoms with E-state index in [1.165, 1.54) is 0 Å². The van der Waals surface area contributed by atoms with Gasteiger partial charge in [-0.2, -0.15) is 0 Å². The number of hydrogen-bond acceptors (Lipinski definition) is 4. The fraction of sp³-hybridized carbons (Fsp3) is 0.529. The molecule has 1 fully saturated rings. The van der Waals surface area contributed by atoms with Crippen LogP contribution in [0.1, 0.15) is 39.5 Å². The van der Waals surface area contributed by atoms with E-state index in [4.69, 9.17) is 9.47 Å². The first kappa shape index (κ1) is 17.1. The van der Waals surface area contributed by atoms with Crippen LogP contribution in [0.2, 0.25) is 0 Å². The van der Waals surface area contributed by atoms with Crippen molar-refractivity contribution in [3.8, 4) is 11.5 Å². The Morgan fingerprint density at radius 1 is 1.04 bits per heavy atom. The standard InChI is InChI=1S/C17H24N2O4/c1-3-22-14-10-9-13(11-15(14)23-4-2)19-17(21)16(20)18-12-7-5-6-8-12/h9-12H,3-8H2,1-2H3,(H,18,20)(H,19,21). The van der Waals surface area contributed by atoms with Gasteiger partial charge < -0.3 is 20.1 Å². The van der Waals surface area contributed by atoms with Crippen LogP contribution in [-0.4, -0.2) is 31.1 Å². The molecule has 1 aliphatic rings. The monoisotopic (exact) mass is 320 g/mol. The molecule has 1 aliphatic carbocycles. The summed E-state index contributed by atoms with van der Waals surface area (Å²) in [7, 11) is 0. The van der Waals surface area contributed by atoms with Gasteiger partial charge in [-0.05, 0) is 38.8 Å². The molecule has 0 spiro atoms. The summed E-state index contributed by atoms with van der Waals surface area (Å²) < 4.78 is 11.0. The lowest BCUT2D eigenvalue weighted by molar-refractivity contribution is -0.136. The third-order valence-corrected chi connectivity index (χ3v) is 3.70. The molecule has 0 aliphatic heterocycles. The third-order valence-electron chi connectivity index (χ3n) is 3.70. The highest BCUT2D eigenvalue weighted by Gasteiger charge is 2.21. The van der Waals surface area contributed by atoms with Crippen LogP contribution in [0.15, 0.2) is 18.2 Å². The first-order valence-electron chi connectivity index (χ1n) is 8.15. The summed E-state index contributed by atoms with van der Waals surface area (Å²) >= 11 is 0. The zero-order chi connectivity index (χ0) is 16.7. The molecule has 1 aromatic carbocycles. The number of anilines is 1. The molecule has 0 radical (unpaired) electrons. The lowest BCUT2D eigenvalue weighted by Crippen LogP contribution is -2.40. The molecule has 0 bridgehead atoms. The largest absolute Gasteiger partial charge is 0.490 e. The van der Waals surface area contributed by atoms with Crippen LogP contribution < -0.4 is 20.1 Å². The van der Waals surface area contributed by atoms with Crippen LogP contribution in [0.5, 0.6) is 11.5 Å². The van der Waals surface area contributed by atoms with E-state index in [0.717, 1.165) is 25.7 Å². The highest BCUT2D eigenvalue weighted by molar-refractivity contribution is 6.39. The van der Waals surface area contributed by atoms with Gasteiger partial charge in [0.2, 0.25) is 0 Å². The minimum Gasteiger partial charge on any atom is -0.490 e. The molecule has 6 nitrogen and oxygen atoms in total. The normalized spacial score (nSPS) is 14.3. The van der Waals surface area contributed by atoms with E-state index in [1.54, 1.807) is 18.2 Å². The van der Waals surface area contributed by atoms with Crippen LogP contribution in [0, 0.1) is 0 Å². The van der Waals surface area contributed by atoms with Crippen LogP contribution in [-0.2, 0) is 9.59 Å². The van der Waals surface area contributed by atoms with Gasteiger partial charge in [0.25, 0.3) is 0 Å². The van der Waals surface area contributed by atoms with Crippen molar-refractivity contribution in [2.24, 2.45) is 0 Å². The maximum Gasteiger partial charge on any atom is 0.313 e. The number of carbonyl (C=O) groups excluding carboxylic acids is 2. The number of ether oxygens (including phenoxy) is 2. The number of carbonyl (C=O) groups is 2. The minimum absolute atomic E-state index is 0.118. The lowest BCUT2D eigenvalue weighted by Gasteiger charge is -2.14. The van der Waals surface area contributed by atoms with E-state index >= 15 is 0 Å². The van der Waals surface area contributed by atoms with E-state index in [1.807, 2.05) is 13.8 Å². The molecule has 0 atom stereocenters. The molecular weight excluding hydrogens is 296 g/mol. The van der Waals surface area contributed by atoms with E-state index in [2.05, 4.69) is 10.6 Å². The van der Waals surface area contributed by atoms with Crippen molar-refractivity contribution in [1.82, 2.24) is 5.32 Å². The van der Waals surface area contributed by atoms with Crippen LogP contribution in [0.25, 0.3) is 0 Å². The fourth-order valence-electron chi connectivity index (χ4n) is 2.64. The Hall–Kier alpha value is -2.24. The van der Waals surface area contributed by atoms with Crippen LogP contribution >= 0.6 is 0 Å². The van der Waals surface area contributed by atoms with Gasteiger partial charge in [0.05, 0.1) is 13.2 Å². The van der Waals surface area contributed by atoms with Crippen molar-refractivity contribution >= 4 is 17.5 Å². The summed E-state index contributed by atoms with van der Waals surface area (Å²) in [5.41, 5.74) is 0.503. The smallest absolute Gasteiger partial charge is 0.313 e. The molecule has 1 aromatic rings. The van der Waals surface area contributed by atoms with Crippen molar-refractivity contribution in [1.29, 1.82) is 0 Å². The Morgan fingerprint density at radius 3 is 2.35 bits per heavy atom. The molecule has 2 amide bonds. The quantitative estimate of drug-likeness (QED) is 0.790. The molecule has 0 saturated heterocycles. The fourth-order valence-corrected chi connectivity index (χ4v) is 2.64. The van der Waals surface area contributed by atoms with Crippen LogP contribution in [0.4, 0.5) is 5.69 Å². The summed E-state index contributed by atoms with van der Waals surface area (Å²) in [4.78, 5) is 23.9. The number of rotatable bonds is 6.